The van der Waals surface area contributed by atoms with Crippen molar-refractivity contribution in [2.45, 2.75) is 12.5 Å². The molecule has 0 aliphatic carbocycles. The second-order valence-electron chi connectivity index (χ2n) is 6.11. The lowest BCUT2D eigenvalue weighted by molar-refractivity contribution is -0.136. The zero-order chi connectivity index (χ0) is 19.4. The number of aliphatic carboxylic acids is 1. The van der Waals surface area contributed by atoms with Crippen molar-refractivity contribution < 1.29 is 24.2 Å². The Morgan fingerprint density at radius 2 is 2.04 bits per heavy atom. The molecule has 3 rings (SSSR count). The molecule has 1 heterocycles. The first-order valence-corrected chi connectivity index (χ1v) is 8.28. The Bertz CT molecular complexity index is 866. The smallest absolute Gasteiger partial charge is 0.414 e. The van der Waals surface area contributed by atoms with Crippen molar-refractivity contribution in [3.05, 3.63) is 59.7 Å². The molecule has 0 aromatic heterocycles. The fourth-order valence-corrected chi connectivity index (χ4v) is 2.75. The number of nitrogens with two attached hydrogens (primary N) is 1. The third-order valence-electron chi connectivity index (χ3n) is 4.05. The number of nitrogens with one attached hydrogen (secondary N) is 1. The molecule has 4 N–H and O–H groups in total. The number of carbonyl (C=O) groups is 2. The summed E-state index contributed by atoms with van der Waals surface area (Å²) in [6, 6.07) is 13.6. The van der Waals surface area contributed by atoms with Gasteiger partial charge in [-0.25, -0.2) is 4.79 Å². The third kappa shape index (κ3) is 4.55. The maximum absolute atomic E-state index is 12.1. The predicted molar refractivity (Wildman–Crippen MR) is 98.3 cm³/mol. The standard InChI is InChI=1S/C19H19N3O5/c20-18(21)13-4-6-14(7-5-13)22-10-16(27-19(22)25)11-26-15-3-1-2-12(8-15)9-17(23)24/h1-8,16H,9-11H2,(H3,20,21)(H,23,24). The number of benzene rings is 2. The van der Waals surface area contributed by atoms with Crippen LogP contribution in [0, 0.1) is 5.41 Å². The summed E-state index contributed by atoms with van der Waals surface area (Å²) in [5.41, 5.74) is 7.29. The summed E-state index contributed by atoms with van der Waals surface area (Å²) < 4.78 is 11.0. The number of hydrogen-bond acceptors (Lipinski definition) is 5. The predicted octanol–water partition coefficient (Wildman–Crippen LogP) is 2.00. The lowest BCUT2D eigenvalue weighted by atomic mass is 10.1. The molecule has 8 nitrogen and oxygen atoms in total. The van der Waals surface area contributed by atoms with Crippen molar-refractivity contribution >= 4 is 23.6 Å². The number of carboxylic acid groups (broad SMARTS) is 1. The number of anilines is 1. The van der Waals surface area contributed by atoms with E-state index in [4.69, 9.17) is 25.7 Å². The van der Waals surface area contributed by atoms with Gasteiger partial charge in [0.1, 0.15) is 18.2 Å². The molecule has 1 unspecified atom stereocenters. The zero-order valence-electron chi connectivity index (χ0n) is 14.4. The lowest BCUT2D eigenvalue weighted by Gasteiger charge is -2.14. The number of nitrogens with zero attached hydrogens (tertiary/aromatic N) is 1. The largest absolute Gasteiger partial charge is 0.490 e. The van der Waals surface area contributed by atoms with Crippen molar-refractivity contribution in [2.75, 3.05) is 18.1 Å². The SMILES string of the molecule is N=C(N)c1ccc(N2CC(COc3cccc(CC(=O)O)c3)OC2=O)cc1. The van der Waals surface area contributed by atoms with Crippen molar-refractivity contribution in [3.8, 4) is 5.75 Å². The summed E-state index contributed by atoms with van der Waals surface area (Å²) in [6.45, 7) is 0.483. The van der Waals surface area contributed by atoms with Gasteiger partial charge in [0, 0.05) is 11.3 Å². The zero-order valence-corrected chi connectivity index (χ0v) is 14.4. The molecular formula is C19H19N3O5. The number of amidine groups is 1. The average molecular weight is 369 g/mol. The van der Waals surface area contributed by atoms with E-state index in [1.165, 1.54) is 4.90 Å². The average Bonchev–Trinajstić information content (AvgIpc) is 3.00. The Morgan fingerprint density at radius 3 is 2.70 bits per heavy atom. The number of hydrogen-bond donors (Lipinski definition) is 3. The quantitative estimate of drug-likeness (QED) is 0.506. The first kappa shape index (κ1) is 18.2. The minimum absolute atomic E-state index is 0.0399. The Labute approximate surface area is 155 Å². The molecule has 0 saturated carbocycles. The Morgan fingerprint density at radius 1 is 1.30 bits per heavy atom. The maximum atomic E-state index is 12.1. The van der Waals surface area contributed by atoms with Gasteiger partial charge in [-0.15, -0.1) is 0 Å². The molecule has 1 amide bonds. The van der Waals surface area contributed by atoms with E-state index >= 15 is 0 Å². The van der Waals surface area contributed by atoms with Crippen molar-refractivity contribution in [3.63, 3.8) is 0 Å². The van der Waals surface area contributed by atoms with E-state index in [2.05, 4.69) is 0 Å². The molecule has 140 valence electrons. The van der Waals surface area contributed by atoms with Crippen LogP contribution in [0.2, 0.25) is 0 Å². The molecule has 27 heavy (non-hydrogen) atoms. The summed E-state index contributed by atoms with van der Waals surface area (Å²) in [6.07, 6.45) is -1.01. The Hall–Kier alpha value is -3.55. The summed E-state index contributed by atoms with van der Waals surface area (Å²) in [5, 5.41) is 16.3. The Kier molecular flexibility index (Phi) is 5.25. The molecule has 1 fully saturated rings. The van der Waals surface area contributed by atoms with E-state index in [9.17, 15) is 9.59 Å². The van der Waals surface area contributed by atoms with Gasteiger partial charge in [-0.1, -0.05) is 12.1 Å². The molecule has 0 bridgehead atoms. The van der Waals surface area contributed by atoms with Crippen LogP contribution in [0.1, 0.15) is 11.1 Å². The van der Waals surface area contributed by atoms with Gasteiger partial charge in [-0.2, -0.15) is 0 Å². The summed E-state index contributed by atoms with van der Waals surface area (Å²) in [4.78, 5) is 24.4. The molecule has 2 aromatic carbocycles. The molecule has 2 aromatic rings. The molecule has 0 radical (unpaired) electrons. The summed E-state index contributed by atoms with van der Waals surface area (Å²) in [7, 11) is 0. The van der Waals surface area contributed by atoms with Gasteiger partial charge >= 0.3 is 12.1 Å². The van der Waals surface area contributed by atoms with E-state index in [1.807, 2.05) is 0 Å². The number of carbonyl (C=O) groups excluding carboxylic acids is 1. The topological polar surface area (TPSA) is 126 Å². The normalized spacial score (nSPS) is 16.1. The summed E-state index contributed by atoms with van der Waals surface area (Å²) >= 11 is 0. The van der Waals surface area contributed by atoms with Gasteiger partial charge in [-0.05, 0) is 42.0 Å². The van der Waals surface area contributed by atoms with Gasteiger partial charge in [0.2, 0.25) is 0 Å². The first-order valence-electron chi connectivity index (χ1n) is 8.28. The van der Waals surface area contributed by atoms with Crippen LogP contribution >= 0.6 is 0 Å². The van der Waals surface area contributed by atoms with Crippen molar-refractivity contribution in [2.24, 2.45) is 5.73 Å². The fourth-order valence-electron chi connectivity index (χ4n) is 2.75. The second kappa shape index (κ2) is 7.77. The minimum atomic E-state index is -0.914. The van der Waals surface area contributed by atoms with E-state index in [0.29, 0.717) is 29.1 Å². The van der Waals surface area contributed by atoms with E-state index in [0.717, 1.165) is 0 Å². The highest BCUT2D eigenvalue weighted by Crippen LogP contribution is 2.23. The number of amides is 1. The third-order valence-corrected chi connectivity index (χ3v) is 4.05. The van der Waals surface area contributed by atoms with E-state index in [1.54, 1.807) is 48.5 Å². The fraction of sp³-hybridized carbons (Fsp3) is 0.211. The molecule has 1 atom stereocenters. The lowest BCUT2D eigenvalue weighted by Crippen LogP contribution is -2.26. The van der Waals surface area contributed by atoms with Crippen LogP contribution in [0.15, 0.2) is 48.5 Å². The van der Waals surface area contributed by atoms with Crippen LogP contribution in [-0.4, -0.2) is 42.3 Å². The molecule has 1 saturated heterocycles. The van der Waals surface area contributed by atoms with E-state index < -0.39 is 18.2 Å². The Balaban J connectivity index is 1.59. The number of cyclic esters (lactones) is 1. The maximum Gasteiger partial charge on any atom is 0.414 e. The second-order valence-corrected chi connectivity index (χ2v) is 6.11. The van der Waals surface area contributed by atoms with Crippen LogP contribution < -0.4 is 15.4 Å². The van der Waals surface area contributed by atoms with Crippen molar-refractivity contribution in [1.29, 1.82) is 5.41 Å². The van der Waals surface area contributed by atoms with Crippen LogP contribution in [0.5, 0.6) is 5.75 Å². The number of carboxylic acids is 1. The molecule has 8 heteroatoms. The van der Waals surface area contributed by atoms with Crippen molar-refractivity contribution in [1.82, 2.24) is 0 Å². The van der Waals surface area contributed by atoms with Crippen LogP contribution in [0.3, 0.4) is 0 Å². The van der Waals surface area contributed by atoms with Gasteiger partial charge in [0.25, 0.3) is 0 Å². The molecule has 1 aliphatic heterocycles. The van der Waals surface area contributed by atoms with Gasteiger partial charge < -0.3 is 20.3 Å². The minimum Gasteiger partial charge on any atom is -0.490 e. The molecule has 0 spiro atoms. The highest BCUT2D eigenvalue weighted by atomic mass is 16.6. The molecular weight excluding hydrogens is 350 g/mol. The number of nitrogen functional groups attached to an aromatic ring is 1. The van der Waals surface area contributed by atoms with Crippen LogP contribution in [-0.2, 0) is 16.0 Å². The summed E-state index contributed by atoms with van der Waals surface area (Å²) in [5.74, 6) is -0.431. The first-order chi connectivity index (χ1) is 12.9. The monoisotopic (exact) mass is 369 g/mol. The highest BCUT2D eigenvalue weighted by molar-refractivity contribution is 5.96. The number of ether oxygens (including phenoxy) is 2. The van der Waals surface area contributed by atoms with Crippen LogP contribution in [0.25, 0.3) is 0 Å². The number of rotatable bonds is 7. The van der Waals surface area contributed by atoms with Gasteiger partial charge in [0.05, 0.1) is 13.0 Å². The highest BCUT2D eigenvalue weighted by Gasteiger charge is 2.32. The van der Waals surface area contributed by atoms with E-state index in [-0.39, 0.29) is 18.9 Å². The molecule has 1 aliphatic rings. The van der Waals surface area contributed by atoms with Gasteiger partial charge in [0.15, 0.2) is 6.10 Å². The van der Waals surface area contributed by atoms with Crippen LogP contribution in [0.4, 0.5) is 10.5 Å². The van der Waals surface area contributed by atoms with Gasteiger partial charge in [-0.3, -0.25) is 15.1 Å².